The van der Waals surface area contributed by atoms with Crippen molar-refractivity contribution in [3.63, 3.8) is 0 Å². The molecule has 0 N–H and O–H groups in total. The zero-order valence-electron chi connectivity index (χ0n) is 21.2. The Morgan fingerprint density at radius 1 is 0.946 bits per heavy atom. The number of aromatic nitrogens is 3. The minimum Gasteiger partial charge on any atom is -0.339 e. The van der Waals surface area contributed by atoms with Gasteiger partial charge < -0.3 is 9.80 Å². The van der Waals surface area contributed by atoms with E-state index in [-0.39, 0.29) is 17.9 Å². The van der Waals surface area contributed by atoms with Gasteiger partial charge in [-0.15, -0.1) is 10.2 Å². The van der Waals surface area contributed by atoms with Gasteiger partial charge in [-0.2, -0.15) is 0 Å². The van der Waals surface area contributed by atoms with E-state index in [2.05, 4.69) is 10.2 Å². The van der Waals surface area contributed by atoms with E-state index in [1.165, 1.54) is 0 Å². The number of hydrogen-bond donors (Lipinski definition) is 0. The highest BCUT2D eigenvalue weighted by molar-refractivity contribution is 7.99. The molecule has 0 radical (unpaired) electrons. The molecule has 1 saturated heterocycles. The van der Waals surface area contributed by atoms with Crippen molar-refractivity contribution in [1.29, 1.82) is 0 Å². The third-order valence-corrected chi connectivity index (χ3v) is 7.83. The fourth-order valence-electron chi connectivity index (χ4n) is 4.83. The van der Waals surface area contributed by atoms with Crippen molar-refractivity contribution >= 4 is 34.3 Å². The minimum absolute atomic E-state index is 0.0274. The normalized spacial score (nSPS) is 15.8. The van der Waals surface area contributed by atoms with E-state index >= 15 is 0 Å². The molecule has 190 valence electrons. The van der Waals surface area contributed by atoms with Gasteiger partial charge in [-0.1, -0.05) is 60.3 Å². The number of carbonyl (C=O) groups is 2. The molecule has 0 aliphatic carbocycles. The maximum Gasteiger partial charge on any atom is 0.254 e. The summed E-state index contributed by atoms with van der Waals surface area (Å²) in [6, 6.07) is 23.9. The highest BCUT2D eigenvalue weighted by Gasteiger charge is 2.30. The SMILES string of the molecule is Cc1nnc(SCCCC(=O)N2CCN(C(=O)c3ccc4ccccc4c3)C(C)C2)n1-c1ccccc1. The van der Waals surface area contributed by atoms with Gasteiger partial charge in [0.25, 0.3) is 5.91 Å². The molecular formula is C29H31N5O2S. The molecule has 0 saturated carbocycles. The minimum atomic E-state index is -0.0292. The third kappa shape index (κ3) is 5.54. The predicted octanol–water partition coefficient (Wildman–Crippen LogP) is 4.97. The second kappa shape index (κ2) is 11.2. The van der Waals surface area contributed by atoms with E-state index in [9.17, 15) is 9.59 Å². The number of benzene rings is 3. The summed E-state index contributed by atoms with van der Waals surface area (Å²) in [5.41, 5.74) is 1.73. The van der Waals surface area contributed by atoms with Gasteiger partial charge in [0.15, 0.2) is 5.16 Å². The van der Waals surface area contributed by atoms with Gasteiger partial charge in [0.2, 0.25) is 5.91 Å². The largest absolute Gasteiger partial charge is 0.339 e. The van der Waals surface area contributed by atoms with Crippen LogP contribution >= 0.6 is 11.8 Å². The lowest BCUT2D eigenvalue weighted by Gasteiger charge is -2.40. The number of rotatable bonds is 7. The number of thioether (sulfide) groups is 1. The first-order valence-corrected chi connectivity index (χ1v) is 13.7. The van der Waals surface area contributed by atoms with Crippen LogP contribution in [0.4, 0.5) is 0 Å². The predicted molar refractivity (Wildman–Crippen MR) is 147 cm³/mol. The van der Waals surface area contributed by atoms with E-state index < -0.39 is 0 Å². The first-order valence-electron chi connectivity index (χ1n) is 12.7. The Bertz CT molecular complexity index is 1400. The average molecular weight is 514 g/mol. The van der Waals surface area contributed by atoms with Gasteiger partial charge in [0.05, 0.1) is 0 Å². The Morgan fingerprint density at radius 3 is 2.49 bits per heavy atom. The van der Waals surface area contributed by atoms with Crippen LogP contribution in [-0.2, 0) is 4.79 Å². The van der Waals surface area contributed by atoms with Crippen molar-refractivity contribution in [3.05, 3.63) is 84.2 Å². The van der Waals surface area contributed by atoms with E-state index in [0.29, 0.717) is 31.6 Å². The summed E-state index contributed by atoms with van der Waals surface area (Å²) in [6.45, 7) is 5.64. The first-order chi connectivity index (χ1) is 18.0. The maximum absolute atomic E-state index is 13.2. The summed E-state index contributed by atoms with van der Waals surface area (Å²) in [7, 11) is 0. The maximum atomic E-state index is 13.2. The molecular weight excluding hydrogens is 482 g/mol. The van der Waals surface area contributed by atoms with Crippen molar-refractivity contribution in [3.8, 4) is 5.69 Å². The summed E-state index contributed by atoms with van der Waals surface area (Å²) in [6.07, 6.45) is 1.24. The second-order valence-electron chi connectivity index (χ2n) is 9.40. The lowest BCUT2D eigenvalue weighted by atomic mass is 10.0. The molecule has 2 heterocycles. The number of amides is 2. The lowest BCUT2D eigenvalue weighted by molar-refractivity contribution is -0.133. The number of carbonyl (C=O) groups excluding carboxylic acids is 2. The van der Waals surface area contributed by atoms with Crippen LogP contribution < -0.4 is 0 Å². The molecule has 2 amide bonds. The molecule has 1 unspecified atom stereocenters. The third-order valence-electron chi connectivity index (χ3n) is 6.81. The number of nitrogens with zero attached hydrogens (tertiary/aromatic N) is 5. The van der Waals surface area contributed by atoms with Crippen LogP contribution in [0.5, 0.6) is 0 Å². The smallest absolute Gasteiger partial charge is 0.254 e. The van der Waals surface area contributed by atoms with Crippen molar-refractivity contribution < 1.29 is 9.59 Å². The van der Waals surface area contributed by atoms with Crippen LogP contribution in [0.2, 0.25) is 0 Å². The topological polar surface area (TPSA) is 71.3 Å². The lowest BCUT2D eigenvalue weighted by Crippen LogP contribution is -2.55. The van der Waals surface area contributed by atoms with Crippen molar-refractivity contribution in [2.24, 2.45) is 0 Å². The van der Waals surface area contributed by atoms with Gasteiger partial charge in [-0.05, 0) is 55.3 Å². The van der Waals surface area contributed by atoms with Crippen LogP contribution in [0, 0.1) is 6.92 Å². The second-order valence-corrected chi connectivity index (χ2v) is 10.5. The van der Waals surface area contributed by atoms with E-state index in [4.69, 9.17) is 0 Å². The molecule has 1 aliphatic rings. The van der Waals surface area contributed by atoms with E-state index in [1.54, 1.807) is 11.8 Å². The van der Waals surface area contributed by atoms with Crippen molar-refractivity contribution in [1.82, 2.24) is 24.6 Å². The van der Waals surface area contributed by atoms with E-state index in [1.807, 2.05) is 101 Å². The Hall–Kier alpha value is -3.65. The average Bonchev–Trinajstić information content (AvgIpc) is 3.30. The van der Waals surface area contributed by atoms with Crippen LogP contribution in [0.3, 0.4) is 0 Å². The summed E-state index contributed by atoms with van der Waals surface area (Å²) >= 11 is 1.62. The quantitative estimate of drug-likeness (QED) is 0.258. The van der Waals surface area contributed by atoms with Crippen LogP contribution in [0.1, 0.15) is 35.9 Å². The Kier molecular flexibility index (Phi) is 7.55. The first kappa shape index (κ1) is 25.0. The van der Waals surface area contributed by atoms with Gasteiger partial charge in [-0.3, -0.25) is 14.2 Å². The fraction of sp³-hybridized carbons (Fsp3) is 0.310. The summed E-state index contributed by atoms with van der Waals surface area (Å²) < 4.78 is 2.04. The molecule has 1 fully saturated rings. The monoisotopic (exact) mass is 513 g/mol. The summed E-state index contributed by atoms with van der Waals surface area (Å²) in [4.78, 5) is 29.9. The van der Waals surface area contributed by atoms with Gasteiger partial charge >= 0.3 is 0 Å². The number of hydrogen-bond acceptors (Lipinski definition) is 5. The van der Waals surface area contributed by atoms with E-state index in [0.717, 1.165) is 39.6 Å². The fourth-order valence-corrected chi connectivity index (χ4v) is 5.77. The summed E-state index contributed by atoms with van der Waals surface area (Å²) in [5.74, 6) is 1.80. The molecule has 37 heavy (non-hydrogen) atoms. The Morgan fingerprint density at radius 2 is 1.70 bits per heavy atom. The molecule has 8 heteroatoms. The molecule has 3 aromatic carbocycles. The summed E-state index contributed by atoms with van der Waals surface area (Å²) in [5, 5.41) is 11.6. The van der Waals surface area contributed by atoms with Crippen LogP contribution in [0.25, 0.3) is 16.5 Å². The Balaban J connectivity index is 1.12. The molecule has 1 aliphatic heterocycles. The molecule has 1 atom stereocenters. The van der Waals surface area contributed by atoms with Crippen molar-refractivity contribution in [2.45, 2.75) is 37.9 Å². The molecule has 0 spiro atoms. The molecule has 1 aromatic heterocycles. The van der Waals surface area contributed by atoms with Gasteiger partial charge in [0.1, 0.15) is 5.82 Å². The van der Waals surface area contributed by atoms with Crippen LogP contribution in [0.15, 0.2) is 78.0 Å². The number of para-hydroxylation sites is 1. The van der Waals surface area contributed by atoms with Gasteiger partial charge in [0, 0.05) is 49.1 Å². The molecule has 4 aromatic rings. The zero-order chi connectivity index (χ0) is 25.8. The number of aryl methyl sites for hydroxylation is 1. The van der Waals surface area contributed by atoms with Crippen LogP contribution in [-0.4, -0.2) is 67.8 Å². The van der Waals surface area contributed by atoms with Crippen molar-refractivity contribution in [2.75, 3.05) is 25.4 Å². The Labute approximate surface area is 221 Å². The molecule has 7 nitrogen and oxygen atoms in total. The highest BCUT2D eigenvalue weighted by atomic mass is 32.2. The number of piperazine rings is 1. The molecule has 0 bridgehead atoms. The number of fused-ring (bicyclic) bond motifs is 1. The highest BCUT2D eigenvalue weighted by Crippen LogP contribution is 2.23. The standard InChI is InChI=1S/C29H31N5O2S/c1-21-20-32(16-17-33(21)28(36)25-15-14-23-9-6-7-10-24(23)19-25)27(35)13-8-18-37-29-31-30-22(2)34(29)26-11-4-3-5-12-26/h3-7,9-12,14-15,19,21H,8,13,16-18,20H2,1-2H3. The zero-order valence-corrected chi connectivity index (χ0v) is 22.0. The molecule has 5 rings (SSSR count). The van der Waals surface area contributed by atoms with Gasteiger partial charge in [-0.25, -0.2) is 0 Å².